The first-order chi connectivity index (χ1) is 13.2. The largest absolute Gasteiger partial charge is 0.352 e. The van der Waals surface area contributed by atoms with E-state index >= 15 is 0 Å². The van der Waals surface area contributed by atoms with E-state index in [0.717, 1.165) is 12.0 Å². The summed E-state index contributed by atoms with van der Waals surface area (Å²) in [5.41, 5.74) is 2.72. The van der Waals surface area contributed by atoms with Gasteiger partial charge in [0, 0.05) is 37.0 Å². The minimum Gasteiger partial charge on any atom is -0.352 e. The van der Waals surface area contributed by atoms with Gasteiger partial charge in [0.05, 0.1) is 0 Å². The van der Waals surface area contributed by atoms with E-state index in [0.29, 0.717) is 23.2 Å². The molecule has 0 aromatic heterocycles. The normalized spacial score (nSPS) is 12.9. The van der Waals surface area contributed by atoms with Crippen molar-refractivity contribution in [1.29, 1.82) is 0 Å². The first kappa shape index (κ1) is 22.0. The van der Waals surface area contributed by atoms with E-state index in [-0.39, 0.29) is 23.0 Å². The highest BCUT2D eigenvalue weighted by molar-refractivity contribution is 7.80. The van der Waals surface area contributed by atoms with Crippen molar-refractivity contribution < 1.29 is 14.0 Å². The van der Waals surface area contributed by atoms with Crippen molar-refractivity contribution in [3.63, 3.8) is 0 Å². The highest BCUT2D eigenvalue weighted by atomic mass is 32.1. The van der Waals surface area contributed by atoms with Crippen molar-refractivity contribution in [3.8, 4) is 0 Å². The Bertz CT molecular complexity index is 835. The highest BCUT2D eigenvalue weighted by Crippen LogP contribution is 2.22. The molecule has 0 saturated heterocycles. The van der Waals surface area contributed by atoms with Gasteiger partial charge in [-0.05, 0) is 60.7 Å². The number of carbonyl (C=O) groups is 2. The molecule has 2 aromatic rings. The average molecular weight is 403 g/mol. The molecule has 0 aliphatic heterocycles. The van der Waals surface area contributed by atoms with Crippen LogP contribution in [-0.2, 0) is 0 Å². The van der Waals surface area contributed by atoms with Crippen LogP contribution >= 0.6 is 12.6 Å². The number of hydrogen-bond donors (Lipinski definition) is 2. The Morgan fingerprint density at radius 1 is 1.04 bits per heavy atom. The lowest BCUT2D eigenvalue weighted by molar-refractivity contribution is 0.0827. The van der Waals surface area contributed by atoms with Gasteiger partial charge >= 0.3 is 0 Å². The summed E-state index contributed by atoms with van der Waals surface area (Å²) < 4.78 is 13.7. The molecule has 0 aliphatic carbocycles. The summed E-state index contributed by atoms with van der Waals surface area (Å²) in [7, 11) is 3.44. The Hall–Kier alpha value is -2.34. The summed E-state index contributed by atoms with van der Waals surface area (Å²) in [4.78, 5) is 25.8. The van der Waals surface area contributed by atoms with Crippen molar-refractivity contribution in [3.05, 3.63) is 70.5 Å². The Labute approximate surface area is 171 Å². The van der Waals surface area contributed by atoms with E-state index in [1.165, 1.54) is 12.1 Å². The lowest BCUT2D eigenvalue weighted by atomic mass is 9.96. The Balaban J connectivity index is 1.92. The second-order valence-electron chi connectivity index (χ2n) is 7.22. The monoisotopic (exact) mass is 402 g/mol. The molecule has 0 radical (unpaired) electrons. The molecule has 2 aromatic carbocycles. The Kier molecular flexibility index (Phi) is 7.63. The molecule has 150 valence electrons. The molecule has 1 N–H and O–H groups in total. The number of thiol groups is 1. The van der Waals surface area contributed by atoms with E-state index in [2.05, 4.69) is 24.9 Å². The molecule has 2 amide bonds. The van der Waals surface area contributed by atoms with E-state index in [1.54, 1.807) is 25.1 Å². The average Bonchev–Trinajstić information content (AvgIpc) is 2.66. The Morgan fingerprint density at radius 3 is 2.25 bits per heavy atom. The molecule has 4 nitrogen and oxygen atoms in total. The zero-order valence-electron chi connectivity index (χ0n) is 16.7. The van der Waals surface area contributed by atoms with Gasteiger partial charge in [0.15, 0.2) is 0 Å². The Morgan fingerprint density at radius 2 is 1.68 bits per heavy atom. The standard InChI is InChI=1S/C22H27FN2O2S/c1-14(16-5-7-17(8-6-16)22(27)25(3)4)9-10-24-21(26)19-11-18(15(2)28)12-20(23)13-19/h5-8,11-15,28H,9-10H2,1-4H3,(H,24,26). The zero-order chi connectivity index (χ0) is 20.8. The predicted octanol–water partition coefficient (Wildman–Crippen LogP) is 4.44. The number of nitrogens with one attached hydrogen (secondary N) is 1. The van der Waals surface area contributed by atoms with Gasteiger partial charge in [-0.15, -0.1) is 0 Å². The third-order valence-corrected chi connectivity index (χ3v) is 4.96. The fourth-order valence-corrected chi connectivity index (χ4v) is 3.02. The van der Waals surface area contributed by atoms with E-state index in [9.17, 15) is 14.0 Å². The molecule has 6 heteroatoms. The number of hydrogen-bond acceptors (Lipinski definition) is 3. The second kappa shape index (κ2) is 9.73. The molecule has 2 unspecified atom stereocenters. The van der Waals surface area contributed by atoms with Crippen LogP contribution in [0.15, 0.2) is 42.5 Å². The second-order valence-corrected chi connectivity index (χ2v) is 7.99. The van der Waals surface area contributed by atoms with Gasteiger partial charge in [0.1, 0.15) is 5.82 Å². The SMILES string of the molecule is CC(S)c1cc(F)cc(C(=O)NCCC(C)c2ccc(C(=O)N(C)C)cc2)c1. The predicted molar refractivity (Wildman–Crippen MR) is 114 cm³/mol. The summed E-state index contributed by atoms with van der Waals surface area (Å²) in [5.74, 6) is -0.557. The summed E-state index contributed by atoms with van der Waals surface area (Å²) in [6.45, 7) is 4.37. The van der Waals surface area contributed by atoms with E-state index in [4.69, 9.17) is 0 Å². The highest BCUT2D eigenvalue weighted by Gasteiger charge is 2.13. The zero-order valence-corrected chi connectivity index (χ0v) is 17.6. The first-order valence-corrected chi connectivity index (χ1v) is 9.79. The molecular weight excluding hydrogens is 375 g/mol. The summed E-state index contributed by atoms with van der Waals surface area (Å²) in [6, 6.07) is 11.8. The molecule has 0 spiro atoms. The van der Waals surface area contributed by atoms with Crippen molar-refractivity contribution in [2.45, 2.75) is 31.4 Å². The van der Waals surface area contributed by atoms with Crippen molar-refractivity contribution >= 4 is 24.4 Å². The van der Waals surface area contributed by atoms with Gasteiger partial charge in [-0.2, -0.15) is 12.6 Å². The smallest absolute Gasteiger partial charge is 0.253 e. The van der Waals surface area contributed by atoms with Gasteiger partial charge in [0.25, 0.3) is 11.8 Å². The number of nitrogens with zero attached hydrogens (tertiary/aromatic N) is 1. The maximum absolute atomic E-state index is 13.7. The number of rotatable bonds is 7. The van der Waals surface area contributed by atoms with Crippen LogP contribution in [0.1, 0.15) is 63.3 Å². The van der Waals surface area contributed by atoms with E-state index in [1.807, 2.05) is 31.2 Å². The molecule has 2 rings (SSSR count). The number of benzene rings is 2. The third kappa shape index (κ3) is 5.83. The van der Waals surface area contributed by atoms with E-state index < -0.39 is 5.82 Å². The molecule has 0 heterocycles. The lowest BCUT2D eigenvalue weighted by Crippen LogP contribution is -2.25. The fraction of sp³-hybridized carbons (Fsp3) is 0.364. The van der Waals surface area contributed by atoms with Gasteiger partial charge < -0.3 is 10.2 Å². The van der Waals surface area contributed by atoms with Crippen LogP contribution in [0.3, 0.4) is 0 Å². The minimum absolute atomic E-state index is 0.0311. The quantitative estimate of drug-likeness (QED) is 0.673. The molecule has 0 aliphatic rings. The lowest BCUT2D eigenvalue weighted by Gasteiger charge is -2.15. The molecular formula is C22H27FN2O2S. The summed E-state index contributed by atoms with van der Waals surface area (Å²) in [6.07, 6.45) is 0.734. The minimum atomic E-state index is -0.440. The molecule has 28 heavy (non-hydrogen) atoms. The van der Waals surface area contributed by atoms with Gasteiger partial charge in [-0.1, -0.05) is 19.1 Å². The van der Waals surface area contributed by atoms with Crippen LogP contribution in [0.4, 0.5) is 4.39 Å². The molecule has 0 saturated carbocycles. The maximum Gasteiger partial charge on any atom is 0.253 e. The fourth-order valence-electron chi connectivity index (χ4n) is 2.87. The van der Waals surface area contributed by atoms with Crippen molar-refractivity contribution in [2.24, 2.45) is 0 Å². The van der Waals surface area contributed by atoms with Crippen LogP contribution in [0, 0.1) is 5.82 Å². The summed E-state index contributed by atoms with van der Waals surface area (Å²) in [5, 5.41) is 2.70. The van der Waals surface area contributed by atoms with Crippen LogP contribution < -0.4 is 5.32 Å². The molecule has 2 atom stereocenters. The van der Waals surface area contributed by atoms with Crippen LogP contribution in [0.25, 0.3) is 0 Å². The maximum atomic E-state index is 13.7. The molecule has 0 fully saturated rings. The van der Waals surface area contributed by atoms with Crippen LogP contribution in [0.2, 0.25) is 0 Å². The first-order valence-electron chi connectivity index (χ1n) is 9.27. The molecule has 0 bridgehead atoms. The van der Waals surface area contributed by atoms with Gasteiger partial charge in [0.2, 0.25) is 0 Å². The number of carbonyl (C=O) groups excluding carboxylic acids is 2. The van der Waals surface area contributed by atoms with Crippen molar-refractivity contribution in [2.75, 3.05) is 20.6 Å². The summed E-state index contributed by atoms with van der Waals surface area (Å²) >= 11 is 4.30. The van der Waals surface area contributed by atoms with Gasteiger partial charge in [-0.3, -0.25) is 9.59 Å². The van der Waals surface area contributed by atoms with Crippen LogP contribution in [0.5, 0.6) is 0 Å². The number of amides is 2. The van der Waals surface area contributed by atoms with Crippen LogP contribution in [-0.4, -0.2) is 37.4 Å². The topological polar surface area (TPSA) is 49.4 Å². The third-order valence-electron chi connectivity index (χ3n) is 4.66. The van der Waals surface area contributed by atoms with Gasteiger partial charge in [-0.25, -0.2) is 4.39 Å². The number of halogens is 1. The van der Waals surface area contributed by atoms with Crippen molar-refractivity contribution in [1.82, 2.24) is 10.2 Å².